The molecular formula is C9H18N2O3. The van der Waals surface area contributed by atoms with E-state index in [1.165, 1.54) is 14.0 Å². The molecule has 0 aliphatic rings. The number of nitrogens with one attached hydrogen (secondary N) is 2. The molecule has 0 radical (unpaired) electrons. The molecule has 5 heteroatoms. The normalized spacial score (nSPS) is 11.9. The first kappa shape index (κ1) is 12.9. The van der Waals surface area contributed by atoms with E-state index < -0.39 is 0 Å². The first-order valence-electron chi connectivity index (χ1n) is 4.67. The summed E-state index contributed by atoms with van der Waals surface area (Å²) in [6, 6.07) is -0.284. The number of methoxy groups -OCH3 is 1. The average molecular weight is 202 g/mol. The van der Waals surface area contributed by atoms with Crippen molar-refractivity contribution in [1.82, 2.24) is 10.6 Å². The zero-order chi connectivity index (χ0) is 11.0. The van der Waals surface area contributed by atoms with E-state index in [1.54, 1.807) is 0 Å². The predicted molar refractivity (Wildman–Crippen MR) is 52.8 cm³/mol. The van der Waals surface area contributed by atoms with Gasteiger partial charge in [-0.15, -0.1) is 0 Å². The van der Waals surface area contributed by atoms with Crippen LogP contribution < -0.4 is 10.6 Å². The van der Waals surface area contributed by atoms with E-state index in [2.05, 4.69) is 15.4 Å². The van der Waals surface area contributed by atoms with Gasteiger partial charge in [0.15, 0.2) is 0 Å². The summed E-state index contributed by atoms with van der Waals surface area (Å²) in [6.07, 6.45) is 0.673. The van der Waals surface area contributed by atoms with Crippen molar-refractivity contribution in [2.75, 3.05) is 20.2 Å². The summed E-state index contributed by atoms with van der Waals surface area (Å²) in [5.41, 5.74) is 0. The number of esters is 1. The maximum absolute atomic E-state index is 11.1. The van der Waals surface area contributed by atoms with Crippen molar-refractivity contribution in [3.8, 4) is 0 Å². The molecule has 1 amide bonds. The number of ether oxygens (including phenoxy) is 1. The largest absolute Gasteiger partial charge is 0.468 e. The van der Waals surface area contributed by atoms with Gasteiger partial charge in [0, 0.05) is 20.0 Å². The summed E-state index contributed by atoms with van der Waals surface area (Å²) < 4.78 is 4.59. The van der Waals surface area contributed by atoms with Crippen LogP contribution in [0.1, 0.15) is 20.3 Å². The van der Waals surface area contributed by atoms with Gasteiger partial charge in [-0.25, -0.2) is 0 Å². The number of amides is 1. The molecule has 0 aromatic carbocycles. The van der Waals surface area contributed by atoms with E-state index in [4.69, 9.17) is 0 Å². The molecule has 5 nitrogen and oxygen atoms in total. The Labute approximate surface area is 84.2 Å². The predicted octanol–water partition coefficient (Wildman–Crippen LogP) is -0.336. The second kappa shape index (κ2) is 7.32. The quantitative estimate of drug-likeness (QED) is 0.457. The molecule has 14 heavy (non-hydrogen) atoms. The van der Waals surface area contributed by atoms with Crippen LogP contribution in [0.15, 0.2) is 0 Å². The highest BCUT2D eigenvalue weighted by atomic mass is 16.5. The van der Waals surface area contributed by atoms with Crippen LogP contribution in [0.5, 0.6) is 0 Å². The second-order valence-corrected chi connectivity index (χ2v) is 2.92. The maximum atomic E-state index is 11.1. The molecule has 0 fully saturated rings. The molecule has 0 rings (SSSR count). The van der Waals surface area contributed by atoms with E-state index in [0.29, 0.717) is 19.5 Å². The van der Waals surface area contributed by atoms with E-state index in [1.807, 2.05) is 6.92 Å². The molecule has 0 saturated heterocycles. The molecule has 0 spiro atoms. The van der Waals surface area contributed by atoms with Crippen molar-refractivity contribution >= 4 is 11.9 Å². The number of carbonyl (C=O) groups is 2. The Morgan fingerprint density at radius 2 is 2.00 bits per heavy atom. The van der Waals surface area contributed by atoms with Crippen molar-refractivity contribution in [3.05, 3.63) is 0 Å². The minimum Gasteiger partial charge on any atom is -0.468 e. The maximum Gasteiger partial charge on any atom is 0.322 e. The van der Waals surface area contributed by atoms with Gasteiger partial charge in [-0.1, -0.05) is 6.92 Å². The van der Waals surface area contributed by atoms with Gasteiger partial charge in [0.05, 0.1) is 7.11 Å². The number of rotatable bonds is 6. The van der Waals surface area contributed by atoms with Crippen LogP contribution in [0.4, 0.5) is 0 Å². The SMILES string of the molecule is CCC(NCCNC(C)=O)C(=O)OC. The zero-order valence-corrected chi connectivity index (χ0v) is 8.92. The molecule has 0 aliphatic heterocycles. The van der Waals surface area contributed by atoms with Gasteiger partial charge in [0.25, 0.3) is 0 Å². The van der Waals surface area contributed by atoms with Gasteiger partial charge in [0.2, 0.25) is 5.91 Å². The minimum absolute atomic E-state index is 0.0714. The highest BCUT2D eigenvalue weighted by Gasteiger charge is 2.14. The first-order valence-corrected chi connectivity index (χ1v) is 4.67. The molecule has 0 aromatic heterocycles. The zero-order valence-electron chi connectivity index (χ0n) is 8.92. The third-order valence-electron chi connectivity index (χ3n) is 1.78. The van der Waals surface area contributed by atoms with Crippen LogP contribution in [0.3, 0.4) is 0 Å². The summed E-state index contributed by atoms with van der Waals surface area (Å²) >= 11 is 0. The lowest BCUT2D eigenvalue weighted by molar-refractivity contribution is -0.143. The van der Waals surface area contributed by atoms with E-state index in [0.717, 1.165) is 0 Å². The molecule has 0 aromatic rings. The average Bonchev–Trinajstić information content (AvgIpc) is 2.16. The smallest absolute Gasteiger partial charge is 0.322 e. The van der Waals surface area contributed by atoms with E-state index in [9.17, 15) is 9.59 Å². The molecule has 0 aliphatic carbocycles. The van der Waals surface area contributed by atoms with E-state index >= 15 is 0 Å². The van der Waals surface area contributed by atoms with E-state index in [-0.39, 0.29) is 17.9 Å². The standard InChI is InChI=1S/C9H18N2O3/c1-4-8(9(13)14-3)11-6-5-10-7(2)12/h8,11H,4-6H2,1-3H3,(H,10,12). The highest BCUT2D eigenvalue weighted by Crippen LogP contribution is 1.92. The Bertz CT molecular complexity index is 194. The third-order valence-corrected chi connectivity index (χ3v) is 1.78. The van der Waals surface area contributed by atoms with Gasteiger partial charge in [-0.3, -0.25) is 9.59 Å². The van der Waals surface area contributed by atoms with Gasteiger partial charge in [-0.05, 0) is 6.42 Å². The number of hydrogen-bond acceptors (Lipinski definition) is 4. The lowest BCUT2D eigenvalue weighted by Gasteiger charge is -2.14. The van der Waals surface area contributed by atoms with Crippen LogP contribution in [-0.2, 0) is 14.3 Å². The van der Waals surface area contributed by atoms with Crippen LogP contribution >= 0.6 is 0 Å². The first-order chi connectivity index (χ1) is 6.61. The Kier molecular flexibility index (Phi) is 6.74. The Hall–Kier alpha value is -1.10. The number of carbonyl (C=O) groups excluding carboxylic acids is 2. The number of hydrogen-bond donors (Lipinski definition) is 2. The molecule has 82 valence electrons. The second-order valence-electron chi connectivity index (χ2n) is 2.92. The fraction of sp³-hybridized carbons (Fsp3) is 0.778. The topological polar surface area (TPSA) is 67.4 Å². The molecule has 1 atom stereocenters. The molecule has 0 heterocycles. The monoisotopic (exact) mass is 202 g/mol. The summed E-state index contributed by atoms with van der Waals surface area (Å²) in [6.45, 7) is 4.43. The fourth-order valence-corrected chi connectivity index (χ4v) is 1.02. The van der Waals surface area contributed by atoms with Crippen LogP contribution in [0.2, 0.25) is 0 Å². The summed E-state index contributed by atoms with van der Waals surface area (Å²) in [5, 5.41) is 5.61. The van der Waals surface area contributed by atoms with Crippen molar-refractivity contribution in [2.45, 2.75) is 26.3 Å². The van der Waals surface area contributed by atoms with Crippen LogP contribution in [0, 0.1) is 0 Å². The third kappa shape index (κ3) is 5.53. The lowest BCUT2D eigenvalue weighted by atomic mass is 10.2. The summed E-state index contributed by atoms with van der Waals surface area (Å²) in [5.74, 6) is -0.340. The van der Waals surface area contributed by atoms with Gasteiger partial charge in [-0.2, -0.15) is 0 Å². The molecule has 2 N–H and O–H groups in total. The molecule has 0 bridgehead atoms. The van der Waals surface area contributed by atoms with Gasteiger partial charge in [0.1, 0.15) is 6.04 Å². The Balaban J connectivity index is 3.63. The lowest BCUT2D eigenvalue weighted by Crippen LogP contribution is -2.41. The minimum atomic E-state index is -0.284. The van der Waals surface area contributed by atoms with Crippen molar-refractivity contribution < 1.29 is 14.3 Å². The van der Waals surface area contributed by atoms with Crippen molar-refractivity contribution in [3.63, 3.8) is 0 Å². The Morgan fingerprint density at radius 3 is 2.43 bits per heavy atom. The summed E-state index contributed by atoms with van der Waals surface area (Å²) in [4.78, 5) is 21.6. The molecule has 1 unspecified atom stereocenters. The fourth-order valence-electron chi connectivity index (χ4n) is 1.02. The van der Waals surface area contributed by atoms with Crippen LogP contribution in [-0.4, -0.2) is 38.1 Å². The van der Waals surface area contributed by atoms with Gasteiger partial charge >= 0.3 is 5.97 Å². The molecular weight excluding hydrogens is 184 g/mol. The highest BCUT2D eigenvalue weighted by molar-refractivity contribution is 5.75. The van der Waals surface area contributed by atoms with Crippen molar-refractivity contribution in [1.29, 1.82) is 0 Å². The Morgan fingerprint density at radius 1 is 1.36 bits per heavy atom. The molecule has 0 saturated carbocycles. The summed E-state index contributed by atoms with van der Waals surface area (Å²) in [7, 11) is 1.36. The van der Waals surface area contributed by atoms with Crippen molar-refractivity contribution in [2.24, 2.45) is 0 Å². The van der Waals surface area contributed by atoms with Crippen LogP contribution in [0.25, 0.3) is 0 Å². The van der Waals surface area contributed by atoms with Gasteiger partial charge < -0.3 is 15.4 Å².